The quantitative estimate of drug-likeness (QED) is 0.264. The lowest BCUT2D eigenvalue weighted by Crippen LogP contribution is -2.44. The van der Waals surface area contributed by atoms with E-state index in [-0.39, 0.29) is 29.8 Å². The van der Waals surface area contributed by atoms with Crippen LogP contribution in [0.3, 0.4) is 0 Å². The molecule has 0 aliphatic heterocycles. The lowest BCUT2D eigenvalue weighted by atomic mass is 10.0. The first-order valence-electron chi connectivity index (χ1n) is 13.7. The van der Waals surface area contributed by atoms with Crippen molar-refractivity contribution in [3.63, 3.8) is 0 Å². The number of fused-ring (bicyclic) bond motifs is 1. The van der Waals surface area contributed by atoms with Gasteiger partial charge in [-0.1, -0.05) is 60.7 Å². The van der Waals surface area contributed by atoms with E-state index < -0.39 is 23.2 Å². The Balaban J connectivity index is 1.62. The number of nitrogens with one attached hydrogen (secondary N) is 1. The van der Waals surface area contributed by atoms with E-state index in [1.807, 2.05) is 60.7 Å². The second-order valence-corrected chi connectivity index (χ2v) is 10.2. The zero-order valence-electron chi connectivity index (χ0n) is 22.9. The van der Waals surface area contributed by atoms with Crippen LogP contribution < -0.4 is 10.9 Å². The van der Waals surface area contributed by atoms with Crippen molar-refractivity contribution in [1.29, 1.82) is 0 Å². The van der Waals surface area contributed by atoms with Crippen LogP contribution in [-0.4, -0.2) is 43.7 Å². The first kappa shape index (κ1) is 26.9. The van der Waals surface area contributed by atoms with Crippen LogP contribution in [0.5, 0.6) is 5.75 Å². The third kappa shape index (κ3) is 4.89. The Hall–Kier alpha value is -5.31. The number of ether oxygens (including phenoxy) is 1. The molecule has 3 heterocycles. The molecule has 0 unspecified atom stereocenters. The fourth-order valence-corrected chi connectivity index (χ4v) is 5.10. The van der Waals surface area contributed by atoms with E-state index in [0.717, 1.165) is 5.56 Å². The third-order valence-electron chi connectivity index (χ3n) is 7.40. The van der Waals surface area contributed by atoms with Gasteiger partial charge in [0.1, 0.15) is 5.54 Å². The second-order valence-electron chi connectivity index (χ2n) is 10.2. The highest BCUT2D eigenvalue weighted by atomic mass is 16.5. The smallest absolute Gasteiger partial charge is 0.331 e. The molecule has 0 bridgehead atoms. The molecule has 9 nitrogen and oxygen atoms in total. The highest BCUT2D eigenvalue weighted by Crippen LogP contribution is 2.39. The molecular weight excluding hydrogens is 532 g/mol. The maximum atomic E-state index is 14.1. The van der Waals surface area contributed by atoms with Crippen LogP contribution in [0.2, 0.25) is 0 Å². The minimum atomic E-state index is -1.15. The molecule has 1 amide bonds. The molecule has 1 aliphatic carbocycles. The molecule has 2 aromatic carbocycles. The van der Waals surface area contributed by atoms with Crippen molar-refractivity contribution < 1.29 is 19.4 Å². The largest absolute Gasteiger partial charge is 0.505 e. The predicted molar refractivity (Wildman–Crippen MR) is 158 cm³/mol. The number of pyridine rings is 3. The van der Waals surface area contributed by atoms with Gasteiger partial charge in [0, 0.05) is 28.9 Å². The van der Waals surface area contributed by atoms with E-state index in [1.54, 1.807) is 42.1 Å². The zero-order valence-corrected chi connectivity index (χ0v) is 22.9. The van der Waals surface area contributed by atoms with E-state index in [2.05, 4.69) is 15.3 Å². The maximum Gasteiger partial charge on any atom is 0.331 e. The molecule has 0 spiro atoms. The molecule has 42 heavy (non-hydrogen) atoms. The van der Waals surface area contributed by atoms with Gasteiger partial charge in [-0.15, -0.1) is 0 Å². The highest BCUT2D eigenvalue weighted by Gasteiger charge is 2.53. The van der Waals surface area contributed by atoms with Crippen molar-refractivity contribution >= 4 is 22.8 Å². The van der Waals surface area contributed by atoms with Crippen LogP contribution in [0.4, 0.5) is 0 Å². The Kier molecular flexibility index (Phi) is 7.00. The van der Waals surface area contributed by atoms with Crippen LogP contribution >= 0.6 is 0 Å². The molecule has 1 fully saturated rings. The Morgan fingerprint density at radius 3 is 2.33 bits per heavy atom. The van der Waals surface area contributed by atoms with Crippen LogP contribution in [-0.2, 0) is 16.1 Å². The van der Waals surface area contributed by atoms with Crippen LogP contribution in [0, 0.1) is 0 Å². The topological polar surface area (TPSA) is 123 Å². The summed E-state index contributed by atoms with van der Waals surface area (Å²) in [7, 11) is 0. The summed E-state index contributed by atoms with van der Waals surface area (Å²) in [4.78, 5) is 49.2. The number of hydrogen-bond donors (Lipinski definition) is 2. The predicted octanol–water partition coefficient (Wildman–Crippen LogP) is 4.70. The number of aromatic nitrogens is 3. The van der Waals surface area contributed by atoms with E-state index >= 15 is 0 Å². The second kappa shape index (κ2) is 10.9. The summed E-state index contributed by atoms with van der Waals surface area (Å²) >= 11 is 0. The lowest BCUT2D eigenvalue weighted by Gasteiger charge is -2.20. The first-order chi connectivity index (χ1) is 20.4. The van der Waals surface area contributed by atoms with Crippen molar-refractivity contribution in [2.45, 2.75) is 31.8 Å². The number of benzene rings is 2. The fourth-order valence-electron chi connectivity index (χ4n) is 5.10. The van der Waals surface area contributed by atoms with Crippen LogP contribution in [0.1, 0.15) is 35.8 Å². The normalized spacial score (nSPS) is 13.5. The third-order valence-corrected chi connectivity index (χ3v) is 7.40. The molecule has 0 atom stereocenters. The van der Waals surface area contributed by atoms with Gasteiger partial charge >= 0.3 is 5.97 Å². The number of hydrogen-bond acceptors (Lipinski definition) is 7. The molecule has 2 N–H and O–H groups in total. The first-order valence-corrected chi connectivity index (χ1v) is 13.7. The molecule has 210 valence electrons. The summed E-state index contributed by atoms with van der Waals surface area (Å²) in [5, 5.41) is 14.6. The molecule has 5 aromatic rings. The minimum Gasteiger partial charge on any atom is -0.505 e. The van der Waals surface area contributed by atoms with E-state index in [9.17, 15) is 19.5 Å². The van der Waals surface area contributed by atoms with Crippen molar-refractivity contribution in [3.8, 4) is 28.1 Å². The molecule has 9 heteroatoms. The SMILES string of the molecule is CCOC(=O)C1(NC(=O)c2nc(-c3cccnc3)c3c(cc(-c4ccccc4)c(=O)n3Cc3ccccc3)c2O)CC1. The fraction of sp³-hybridized carbons (Fsp3) is 0.182. The summed E-state index contributed by atoms with van der Waals surface area (Å²) in [5.74, 6) is -1.63. The van der Waals surface area contributed by atoms with Crippen molar-refractivity contribution in [3.05, 3.63) is 113 Å². The highest BCUT2D eigenvalue weighted by molar-refractivity contribution is 6.07. The monoisotopic (exact) mass is 560 g/mol. The van der Waals surface area contributed by atoms with Gasteiger partial charge in [-0.25, -0.2) is 9.78 Å². The summed E-state index contributed by atoms with van der Waals surface area (Å²) in [6, 6.07) is 23.8. The summed E-state index contributed by atoms with van der Waals surface area (Å²) in [6.07, 6.45) is 4.05. The minimum absolute atomic E-state index is 0.183. The molecule has 3 aromatic heterocycles. The Morgan fingerprint density at radius 1 is 1.00 bits per heavy atom. The summed E-state index contributed by atoms with van der Waals surface area (Å²) < 4.78 is 6.74. The van der Waals surface area contributed by atoms with Gasteiger partial charge in [0.05, 0.1) is 24.4 Å². The van der Waals surface area contributed by atoms with Gasteiger partial charge in [0.2, 0.25) is 0 Å². The lowest BCUT2D eigenvalue weighted by molar-refractivity contribution is -0.146. The molecule has 0 radical (unpaired) electrons. The van der Waals surface area contributed by atoms with Crippen molar-refractivity contribution in [1.82, 2.24) is 19.9 Å². The Bertz CT molecular complexity index is 1850. The number of carbonyl (C=O) groups excluding carboxylic acids is 2. The van der Waals surface area contributed by atoms with Crippen LogP contribution in [0.15, 0.2) is 96.1 Å². The molecule has 0 saturated heterocycles. The van der Waals surface area contributed by atoms with Gasteiger partial charge in [-0.05, 0) is 49.1 Å². The summed E-state index contributed by atoms with van der Waals surface area (Å²) in [6.45, 7) is 2.08. The van der Waals surface area contributed by atoms with Gasteiger partial charge in [-0.2, -0.15) is 0 Å². The van der Waals surface area contributed by atoms with Gasteiger partial charge in [0.15, 0.2) is 11.4 Å². The average Bonchev–Trinajstić information content (AvgIpc) is 3.80. The molecule has 1 aliphatic rings. The molecule has 6 rings (SSSR count). The maximum absolute atomic E-state index is 14.1. The number of aromatic hydroxyl groups is 1. The van der Waals surface area contributed by atoms with Crippen LogP contribution in [0.25, 0.3) is 33.3 Å². The standard InChI is InChI=1S/C33H28N4O5/c1-2-42-32(41)33(15-16-33)36-30(39)27-29(38)25-18-24(22-12-7-4-8-13-22)31(40)37(20-21-10-5-3-6-11-21)28(25)26(35-27)23-14-9-17-34-19-23/h3-14,17-19,38H,2,15-16,20H2,1H3,(H,36,39). The number of carbonyl (C=O) groups is 2. The van der Waals surface area contributed by atoms with Crippen molar-refractivity contribution in [2.75, 3.05) is 6.61 Å². The summed E-state index contributed by atoms with van der Waals surface area (Å²) in [5.41, 5.74) is 1.41. The van der Waals surface area contributed by atoms with E-state index in [4.69, 9.17) is 4.74 Å². The number of esters is 1. The average molecular weight is 561 g/mol. The van der Waals surface area contributed by atoms with E-state index in [1.165, 1.54) is 0 Å². The Morgan fingerprint density at radius 2 is 1.69 bits per heavy atom. The molecule has 1 saturated carbocycles. The van der Waals surface area contributed by atoms with Gasteiger partial charge in [-0.3, -0.25) is 14.6 Å². The number of rotatable bonds is 8. The Labute approximate surface area is 241 Å². The molecular formula is C33H28N4O5. The van der Waals surface area contributed by atoms with Crippen molar-refractivity contribution in [2.24, 2.45) is 0 Å². The number of amides is 1. The van der Waals surface area contributed by atoms with E-state index in [0.29, 0.717) is 40.7 Å². The number of nitrogens with zero attached hydrogens (tertiary/aromatic N) is 3. The van der Waals surface area contributed by atoms with Gasteiger partial charge in [0.25, 0.3) is 11.5 Å². The zero-order chi connectivity index (χ0) is 29.3. The van der Waals surface area contributed by atoms with Gasteiger partial charge < -0.3 is 19.7 Å².